The van der Waals surface area contributed by atoms with Gasteiger partial charge in [0, 0.05) is 49.2 Å². The van der Waals surface area contributed by atoms with Gasteiger partial charge in [-0.3, -0.25) is 14.7 Å². The molecule has 0 unspecified atom stereocenters. The van der Waals surface area contributed by atoms with Crippen molar-refractivity contribution in [3.05, 3.63) is 95.5 Å². The third-order valence-corrected chi connectivity index (χ3v) is 6.89. The quantitative estimate of drug-likeness (QED) is 0.234. The summed E-state index contributed by atoms with van der Waals surface area (Å²) in [6.45, 7) is 2.78. The molecule has 1 fully saturated rings. The second kappa shape index (κ2) is 13.5. The van der Waals surface area contributed by atoms with Crippen molar-refractivity contribution < 1.29 is 37.4 Å². The third-order valence-electron chi connectivity index (χ3n) is 6.57. The number of hydrogen-bond acceptors (Lipinski definition) is 6. The maximum absolute atomic E-state index is 13.1. The summed E-state index contributed by atoms with van der Waals surface area (Å²) in [6.07, 6.45) is 0.0612. The van der Waals surface area contributed by atoms with E-state index in [4.69, 9.17) is 25.9 Å². The summed E-state index contributed by atoms with van der Waals surface area (Å²) in [6, 6.07) is 20.9. The first-order valence-electron chi connectivity index (χ1n) is 12.9. The van der Waals surface area contributed by atoms with E-state index in [9.17, 15) is 23.1 Å². The molecule has 0 bridgehead atoms. The van der Waals surface area contributed by atoms with Gasteiger partial charge in [0.25, 0.3) is 5.91 Å². The van der Waals surface area contributed by atoms with Crippen LogP contribution in [0.25, 0.3) is 22.5 Å². The number of carbonyl (C=O) groups is 2. The molecule has 3 N–H and O–H groups in total. The molecule has 5 rings (SSSR count). The number of aliphatic carboxylic acids is 1. The van der Waals surface area contributed by atoms with E-state index in [0.29, 0.717) is 11.3 Å². The second-order valence-electron chi connectivity index (χ2n) is 9.57. The number of pyridine rings is 1. The highest BCUT2D eigenvalue weighted by atomic mass is 35.5. The number of aromatic nitrogens is 1. The van der Waals surface area contributed by atoms with Gasteiger partial charge >= 0.3 is 12.1 Å². The number of furan rings is 1. The van der Waals surface area contributed by atoms with Crippen LogP contribution in [0.2, 0.25) is 5.02 Å². The number of likely N-dealkylation sites (tertiary alicyclic amines) is 1. The molecule has 8 nitrogen and oxygen atoms in total. The highest BCUT2D eigenvalue weighted by Gasteiger charge is 2.38. The molecule has 0 saturated carbocycles. The predicted molar refractivity (Wildman–Crippen MR) is 150 cm³/mol. The predicted octanol–water partition coefficient (Wildman–Crippen LogP) is 6.40. The summed E-state index contributed by atoms with van der Waals surface area (Å²) in [7, 11) is 0. The SMILES string of the molecule is O=C(NC1CCN(Cc2ccccc2)CC1)c1cc(-c2ccncc2)c(-c2ccc(Cl)c(O)c2)o1.O=C(O)C(F)(F)F. The average Bonchev–Trinajstić information content (AvgIpc) is 3.42. The van der Waals surface area contributed by atoms with E-state index < -0.39 is 12.1 Å². The molecule has 42 heavy (non-hydrogen) atoms. The number of carbonyl (C=O) groups excluding carboxylic acids is 1. The van der Waals surface area contributed by atoms with Crippen LogP contribution in [0.3, 0.4) is 0 Å². The lowest BCUT2D eigenvalue weighted by Gasteiger charge is -2.32. The Bertz CT molecular complexity index is 1510. The van der Waals surface area contributed by atoms with E-state index >= 15 is 0 Å². The van der Waals surface area contributed by atoms with Gasteiger partial charge in [0.1, 0.15) is 11.5 Å². The van der Waals surface area contributed by atoms with Crippen LogP contribution in [0.5, 0.6) is 5.75 Å². The van der Waals surface area contributed by atoms with Crippen molar-refractivity contribution in [2.24, 2.45) is 0 Å². The molecule has 2 aromatic carbocycles. The fraction of sp³-hybridized carbons (Fsp3) is 0.233. The number of piperidine rings is 1. The Balaban J connectivity index is 0.000000517. The number of aromatic hydroxyl groups is 1. The number of hydrogen-bond donors (Lipinski definition) is 3. The standard InChI is InChI=1S/C28H26ClN3O3.C2HF3O2/c29-24-7-6-21(16-25(24)33)27-23(20-8-12-30-13-9-20)17-26(35-27)28(34)31-22-10-14-32(15-11-22)18-19-4-2-1-3-5-19;3-2(4,5)1(6)7/h1-9,12-13,16-17,22,33H,10-11,14-15,18H2,(H,31,34);(H,6,7). The Kier molecular flexibility index (Phi) is 9.87. The molecule has 0 aliphatic carbocycles. The average molecular weight is 602 g/mol. The number of carboxylic acids is 1. The normalized spacial score (nSPS) is 14.1. The molecule has 1 aliphatic rings. The highest BCUT2D eigenvalue weighted by molar-refractivity contribution is 6.32. The van der Waals surface area contributed by atoms with E-state index in [2.05, 4.69) is 39.5 Å². The zero-order valence-corrected chi connectivity index (χ0v) is 22.9. The number of alkyl halides is 3. The molecule has 1 aliphatic heterocycles. The van der Waals surface area contributed by atoms with Crippen molar-refractivity contribution in [2.45, 2.75) is 31.6 Å². The van der Waals surface area contributed by atoms with E-state index in [1.807, 2.05) is 18.2 Å². The molecule has 2 aromatic heterocycles. The number of nitrogens with one attached hydrogen (secondary N) is 1. The molecule has 1 saturated heterocycles. The number of phenols is 1. The maximum Gasteiger partial charge on any atom is 0.490 e. The van der Waals surface area contributed by atoms with E-state index in [0.717, 1.165) is 43.6 Å². The lowest BCUT2D eigenvalue weighted by molar-refractivity contribution is -0.192. The minimum absolute atomic E-state index is 0.0468. The zero-order valence-electron chi connectivity index (χ0n) is 22.1. The highest BCUT2D eigenvalue weighted by Crippen LogP contribution is 2.38. The Morgan fingerprint density at radius 1 is 1.00 bits per heavy atom. The smallest absolute Gasteiger partial charge is 0.490 e. The van der Waals surface area contributed by atoms with E-state index in [1.165, 1.54) is 11.6 Å². The van der Waals surface area contributed by atoms with Gasteiger partial charge < -0.3 is 19.9 Å². The fourth-order valence-electron chi connectivity index (χ4n) is 4.45. The zero-order chi connectivity index (χ0) is 30.3. The van der Waals surface area contributed by atoms with Crippen LogP contribution in [0.1, 0.15) is 29.0 Å². The van der Waals surface area contributed by atoms with Crippen molar-refractivity contribution >= 4 is 23.5 Å². The van der Waals surface area contributed by atoms with Crippen molar-refractivity contribution in [3.63, 3.8) is 0 Å². The van der Waals surface area contributed by atoms with Gasteiger partial charge in [0.2, 0.25) is 0 Å². The van der Waals surface area contributed by atoms with Crippen LogP contribution >= 0.6 is 11.6 Å². The van der Waals surface area contributed by atoms with Gasteiger partial charge in [-0.1, -0.05) is 41.9 Å². The van der Waals surface area contributed by atoms with Gasteiger partial charge in [-0.25, -0.2) is 4.79 Å². The number of halogens is 4. The number of nitrogens with zero attached hydrogens (tertiary/aromatic N) is 2. The van der Waals surface area contributed by atoms with Gasteiger partial charge in [-0.15, -0.1) is 0 Å². The van der Waals surface area contributed by atoms with Crippen molar-refractivity contribution in [1.29, 1.82) is 0 Å². The Labute approximate surface area is 244 Å². The second-order valence-corrected chi connectivity index (χ2v) is 9.98. The van der Waals surface area contributed by atoms with Crippen LogP contribution in [-0.2, 0) is 11.3 Å². The van der Waals surface area contributed by atoms with Crippen LogP contribution in [0, 0.1) is 0 Å². The maximum atomic E-state index is 13.1. The molecular weight excluding hydrogens is 575 g/mol. The molecule has 12 heteroatoms. The van der Waals surface area contributed by atoms with Crippen molar-refractivity contribution in [1.82, 2.24) is 15.2 Å². The molecule has 4 aromatic rings. The fourth-order valence-corrected chi connectivity index (χ4v) is 4.57. The molecule has 0 atom stereocenters. The Morgan fingerprint density at radius 3 is 2.24 bits per heavy atom. The minimum atomic E-state index is -5.08. The van der Waals surface area contributed by atoms with Crippen LogP contribution in [-0.4, -0.2) is 57.3 Å². The molecule has 3 heterocycles. The number of benzene rings is 2. The van der Waals surface area contributed by atoms with Crippen molar-refractivity contribution in [2.75, 3.05) is 13.1 Å². The van der Waals surface area contributed by atoms with Crippen molar-refractivity contribution in [3.8, 4) is 28.2 Å². The molecule has 0 spiro atoms. The van der Waals surface area contributed by atoms with Gasteiger partial charge in [0.05, 0.1) is 5.02 Å². The summed E-state index contributed by atoms with van der Waals surface area (Å²) in [4.78, 5) is 28.5. The Morgan fingerprint density at radius 2 is 1.64 bits per heavy atom. The molecular formula is C30H27ClF3N3O5. The number of phenolic OH excluding ortho intramolecular Hbond substituents is 1. The number of amides is 1. The Hall–Kier alpha value is -4.35. The monoisotopic (exact) mass is 601 g/mol. The molecule has 1 amide bonds. The minimum Gasteiger partial charge on any atom is -0.506 e. The summed E-state index contributed by atoms with van der Waals surface area (Å²) in [5.74, 6) is -2.33. The van der Waals surface area contributed by atoms with E-state index in [1.54, 1.807) is 30.6 Å². The first-order valence-corrected chi connectivity index (χ1v) is 13.3. The van der Waals surface area contributed by atoms with Crippen LogP contribution in [0.15, 0.2) is 83.5 Å². The summed E-state index contributed by atoms with van der Waals surface area (Å²) >= 11 is 5.99. The van der Waals surface area contributed by atoms with E-state index in [-0.39, 0.29) is 28.5 Å². The largest absolute Gasteiger partial charge is 0.506 e. The first-order chi connectivity index (χ1) is 20.0. The number of rotatable bonds is 6. The molecule has 0 radical (unpaired) electrons. The van der Waals surface area contributed by atoms with Gasteiger partial charge in [-0.2, -0.15) is 13.2 Å². The molecule has 220 valence electrons. The summed E-state index contributed by atoms with van der Waals surface area (Å²) in [5, 5.41) is 20.6. The van der Waals surface area contributed by atoms with Crippen LogP contribution < -0.4 is 5.32 Å². The topological polar surface area (TPSA) is 116 Å². The summed E-state index contributed by atoms with van der Waals surface area (Å²) < 4.78 is 37.8. The van der Waals surface area contributed by atoms with Gasteiger partial charge in [-0.05, 0) is 60.4 Å². The lowest BCUT2D eigenvalue weighted by Crippen LogP contribution is -2.44. The number of carboxylic acid groups (broad SMARTS) is 1. The van der Waals surface area contributed by atoms with Gasteiger partial charge in [0.15, 0.2) is 5.76 Å². The first kappa shape index (κ1) is 30.6. The van der Waals surface area contributed by atoms with Crippen LogP contribution in [0.4, 0.5) is 13.2 Å². The lowest BCUT2D eigenvalue weighted by atomic mass is 10.0. The third kappa shape index (κ3) is 8.11. The summed E-state index contributed by atoms with van der Waals surface area (Å²) in [5.41, 5.74) is 3.54.